The number of halogens is 1. The Morgan fingerprint density at radius 2 is 1.83 bits per heavy atom. The third kappa shape index (κ3) is 9.74. The van der Waals surface area contributed by atoms with Crippen LogP contribution in [-0.2, 0) is 9.53 Å². The molecule has 2 aromatic carbocycles. The fraction of sp³-hybridized carbons (Fsp3) is 0.464. The number of nitrogens with zero attached hydrogens (tertiary/aromatic N) is 3. The second-order valence-corrected chi connectivity index (χ2v) is 10.3. The molecule has 36 heavy (non-hydrogen) atoms. The standard InChI is InChI=1S/C21H23BrN4O.C5H10O2.C2H6/c1-14-4-3-5-16(10-14)24-21-23-13-15-11-18(22)20(12-19(15)25-21)27-17-6-8-26(2)9-7-17;1-5(2,3)7-4-6;1-2/h3-5,10-13,17H,6-9H2,1-2H3,(H,23,24,25);4H,1-3H3;1-2H3. The Balaban J connectivity index is 0.000000440. The molecule has 8 heteroatoms. The smallest absolute Gasteiger partial charge is 0.293 e. The number of likely N-dealkylation sites (tertiary alicyclic amines) is 1. The molecular weight excluding hydrogens is 520 g/mol. The highest BCUT2D eigenvalue weighted by Gasteiger charge is 2.19. The van der Waals surface area contributed by atoms with Crippen LogP contribution in [0.1, 0.15) is 53.0 Å². The molecule has 1 saturated heterocycles. The van der Waals surface area contributed by atoms with Crippen LogP contribution < -0.4 is 10.1 Å². The van der Waals surface area contributed by atoms with E-state index in [0.29, 0.717) is 12.4 Å². The van der Waals surface area contributed by atoms with Crippen molar-refractivity contribution in [3.8, 4) is 5.75 Å². The van der Waals surface area contributed by atoms with Gasteiger partial charge in [0.1, 0.15) is 17.5 Å². The predicted molar refractivity (Wildman–Crippen MR) is 151 cm³/mol. The Kier molecular flexibility index (Phi) is 11.6. The predicted octanol–water partition coefficient (Wildman–Crippen LogP) is 6.90. The Morgan fingerprint density at radius 1 is 1.14 bits per heavy atom. The highest BCUT2D eigenvalue weighted by atomic mass is 79.9. The summed E-state index contributed by atoms with van der Waals surface area (Å²) in [6, 6.07) is 12.2. The summed E-state index contributed by atoms with van der Waals surface area (Å²) < 4.78 is 11.8. The van der Waals surface area contributed by atoms with Gasteiger partial charge in [0.2, 0.25) is 5.95 Å². The van der Waals surface area contributed by atoms with Crippen LogP contribution in [0.25, 0.3) is 10.9 Å². The lowest BCUT2D eigenvalue weighted by atomic mass is 10.1. The lowest BCUT2D eigenvalue weighted by Crippen LogP contribution is -2.35. The molecule has 0 saturated carbocycles. The summed E-state index contributed by atoms with van der Waals surface area (Å²) in [5, 5.41) is 4.26. The van der Waals surface area contributed by atoms with E-state index < -0.39 is 0 Å². The largest absolute Gasteiger partial charge is 0.489 e. The van der Waals surface area contributed by atoms with Crippen molar-refractivity contribution >= 4 is 44.9 Å². The number of benzene rings is 2. The van der Waals surface area contributed by atoms with Gasteiger partial charge in [-0.1, -0.05) is 26.0 Å². The molecule has 0 radical (unpaired) electrons. The highest BCUT2D eigenvalue weighted by Crippen LogP contribution is 2.32. The number of aryl methyl sites for hydroxylation is 1. The zero-order valence-corrected chi connectivity index (χ0v) is 24.1. The minimum absolute atomic E-state index is 0.252. The summed E-state index contributed by atoms with van der Waals surface area (Å²) in [6.45, 7) is 14.1. The van der Waals surface area contributed by atoms with E-state index in [4.69, 9.17) is 4.74 Å². The second-order valence-electron chi connectivity index (χ2n) is 9.48. The maximum absolute atomic E-state index is 9.60. The van der Waals surface area contributed by atoms with Crippen LogP contribution in [-0.4, -0.2) is 53.2 Å². The molecule has 0 amide bonds. The van der Waals surface area contributed by atoms with Crippen molar-refractivity contribution in [2.75, 3.05) is 25.5 Å². The van der Waals surface area contributed by atoms with Gasteiger partial charge in [0.25, 0.3) is 6.47 Å². The van der Waals surface area contributed by atoms with Crippen LogP contribution in [0.2, 0.25) is 0 Å². The molecule has 0 unspecified atom stereocenters. The molecule has 0 aliphatic carbocycles. The first kappa shape index (κ1) is 29.5. The topological polar surface area (TPSA) is 76.6 Å². The Hall–Kier alpha value is -2.71. The quantitative estimate of drug-likeness (QED) is 0.341. The van der Waals surface area contributed by atoms with E-state index in [1.807, 2.05) is 65.1 Å². The maximum atomic E-state index is 9.60. The van der Waals surface area contributed by atoms with Crippen LogP contribution in [0.5, 0.6) is 5.75 Å². The Labute approximate surface area is 223 Å². The summed E-state index contributed by atoms with van der Waals surface area (Å²) in [6.07, 6.45) is 4.18. The van der Waals surface area contributed by atoms with Gasteiger partial charge in [-0.25, -0.2) is 9.97 Å². The molecule has 3 aromatic rings. The van der Waals surface area contributed by atoms with Crippen molar-refractivity contribution in [2.24, 2.45) is 0 Å². The van der Waals surface area contributed by atoms with Gasteiger partial charge in [-0.3, -0.25) is 4.79 Å². The first-order chi connectivity index (χ1) is 17.1. The summed E-state index contributed by atoms with van der Waals surface area (Å²) >= 11 is 3.63. The van der Waals surface area contributed by atoms with Crippen molar-refractivity contribution in [2.45, 2.75) is 66.1 Å². The van der Waals surface area contributed by atoms with E-state index in [9.17, 15) is 4.79 Å². The molecule has 2 heterocycles. The van der Waals surface area contributed by atoms with Crippen LogP contribution in [0.3, 0.4) is 0 Å². The van der Waals surface area contributed by atoms with Crippen LogP contribution in [0.4, 0.5) is 11.6 Å². The van der Waals surface area contributed by atoms with Crippen molar-refractivity contribution < 1.29 is 14.3 Å². The number of nitrogens with one attached hydrogen (secondary N) is 1. The normalized spacial score (nSPS) is 14.1. The molecule has 1 aliphatic heterocycles. The monoisotopic (exact) mass is 558 g/mol. The van der Waals surface area contributed by atoms with Crippen LogP contribution in [0.15, 0.2) is 47.1 Å². The van der Waals surface area contributed by atoms with Gasteiger partial charge in [0.05, 0.1) is 9.99 Å². The van der Waals surface area contributed by atoms with Gasteiger partial charge in [-0.15, -0.1) is 0 Å². The van der Waals surface area contributed by atoms with Gasteiger partial charge in [-0.05, 0) is 87.3 Å². The molecule has 1 N–H and O–H groups in total. The number of hydrogen-bond acceptors (Lipinski definition) is 7. The number of rotatable bonds is 5. The minimum Gasteiger partial charge on any atom is -0.489 e. The maximum Gasteiger partial charge on any atom is 0.293 e. The molecule has 7 nitrogen and oxygen atoms in total. The van der Waals surface area contributed by atoms with E-state index in [-0.39, 0.29) is 11.7 Å². The highest BCUT2D eigenvalue weighted by molar-refractivity contribution is 9.10. The zero-order valence-electron chi connectivity index (χ0n) is 22.5. The summed E-state index contributed by atoms with van der Waals surface area (Å²) in [7, 11) is 2.15. The molecule has 1 fully saturated rings. The third-order valence-corrected chi connectivity index (χ3v) is 5.89. The van der Waals surface area contributed by atoms with Gasteiger partial charge >= 0.3 is 0 Å². The lowest BCUT2D eigenvalue weighted by molar-refractivity contribution is -0.138. The number of fused-ring (bicyclic) bond motifs is 1. The number of carbonyl (C=O) groups is 1. The number of aromatic nitrogens is 2. The number of carbonyl (C=O) groups excluding carboxylic acids is 1. The van der Waals surface area contributed by atoms with Crippen molar-refractivity contribution in [3.63, 3.8) is 0 Å². The number of piperidine rings is 1. The van der Waals surface area contributed by atoms with Gasteiger partial charge in [0.15, 0.2) is 0 Å². The molecule has 0 atom stereocenters. The molecule has 0 bridgehead atoms. The molecule has 1 aromatic heterocycles. The van der Waals surface area contributed by atoms with E-state index in [0.717, 1.165) is 52.7 Å². The average molecular weight is 560 g/mol. The number of hydrogen-bond donors (Lipinski definition) is 1. The molecule has 0 spiro atoms. The van der Waals surface area contributed by atoms with Gasteiger partial charge < -0.3 is 19.7 Å². The molecule has 4 rings (SSSR count). The van der Waals surface area contributed by atoms with Crippen molar-refractivity contribution in [3.05, 3.63) is 52.6 Å². The SMILES string of the molecule is CC.CC(C)(C)OC=O.Cc1cccc(Nc2ncc3cc(Br)c(OC4CCN(C)CC4)cc3n2)c1. The van der Waals surface area contributed by atoms with Crippen LogP contribution in [0, 0.1) is 6.92 Å². The fourth-order valence-corrected chi connectivity index (χ4v) is 3.92. The average Bonchev–Trinajstić information content (AvgIpc) is 2.82. The summed E-state index contributed by atoms with van der Waals surface area (Å²) in [4.78, 5) is 21.1. The molecule has 1 aliphatic rings. The van der Waals surface area contributed by atoms with Crippen molar-refractivity contribution in [1.82, 2.24) is 14.9 Å². The lowest BCUT2D eigenvalue weighted by Gasteiger charge is -2.29. The molecule has 196 valence electrons. The number of ether oxygens (including phenoxy) is 2. The first-order valence-electron chi connectivity index (χ1n) is 12.4. The van der Waals surface area contributed by atoms with Gasteiger partial charge in [-0.2, -0.15) is 0 Å². The fourth-order valence-electron chi connectivity index (χ4n) is 3.46. The van der Waals surface area contributed by atoms with Gasteiger partial charge in [0, 0.05) is 36.4 Å². The summed E-state index contributed by atoms with van der Waals surface area (Å²) in [5.74, 6) is 1.43. The zero-order chi connectivity index (χ0) is 26.7. The van der Waals surface area contributed by atoms with E-state index in [1.165, 1.54) is 5.56 Å². The minimum atomic E-state index is -0.318. The van der Waals surface area contributed by atoms with E-state index >= 15 is 0 Å². The van der Waals surface area contributed by atoms with Crippen molar-refractivity contribution in [1.29, 1.82) is 0 Å². The Morgan fingerprint density at radius 3 is 2.42 bits per heavy atom. The third-order valence-electron chi connectivity index (χ3n) is 5.27. The number of anilines is 2. The first-order valence-corrected chi connectivity index (χ1v) is 13.2. The van der Waals surface area contributed by atoms with E-state index in [2.05, 4.69) is 67.0 Å². The Bertz CT molecular complexity index is 1110. The second kappa shape index (κ2) is 14.1. The van der Waals surface area contributed by atoms with E-state index in [1.54, 1.807) is 0 Å². The summed E-state index contributed by atoms with van der Waals surface area (Å²) in [5.41, 5.74) is 2.72. The molecular formula is C28H39BrN4O3. The van der Waals surface area contributed by atoms with Crippen LogP contribution >= 0.6 is 15.9 Å².